The molecule has 1 N–H and O–H groups in total. The molecule has 2 aromatic carbocycles. The first kappa shape index (κ1) is 26.9. The van der Waals surface area contributed by atoms with Crippen LogP contribution in [0.3, 0.4) is 0 Å². The zero-order valence-corrected chi connectivity index (χ0v) is 23.2. The lowest BCUT2D eigenvalue weighted by molar-refractivity contribution is -0.132. The minimum atomic E-state index is -0.909. The van der Waals surface area contributed by atoms with Gasteiger partial charge in [0.2, 0.25) is 5.13 Å². The van der Waals surface area contributed by atoms with E-state index in [9.17, 15) is 14.7 Å². The highest BCUT2D eigenvalue weighted by atomic mass is 35.5. The van der Waals surface area contributed by atoms with E-state index in [0.717, 1.165) is 12.0 Å². The summed E-state index contributed by atoms with van der Waals surface area (Å²) in [6.07, 6.45) is 3.88. The van der Waals surface area contributed by atoms with Crippen molar-refractivity contribution in [3.63, 3.8) is 0 Å². The summed E-state index contributed by atoms with van der Waals surface area (Å²) in [4.78, 5) is 32.0. The van der Waals surface area contributed by atoms with Gasteiger partial charge in [0.1, 0.15) is 11.5 Å². The van der Waals surface area contributed by atoms with Gasteiger partial charge in [-0.25, -0.2) is 0 Å². The fourth-order valence-corrected chi connectivity index (χ4v) is 6.24. The number of carbonyl (C=O) groups excluding carboxylic acids is 2. The first-order valence-corrected chi connectivity index (χ1v) is 14.3. The fraction of sp³-hybridized carbons (Fsp3) is 0.179. The molecule has 4 aromatic rings. The molecular weight excluding hydrogens is 556 g/mol. The molecule has 1 aliphatic heterocycles. The second-order valence-electron chi connectivity index (χ2n) is 8.55. The number of nitrogens with zero attached hydrogens (tertiary/aromatic N) is 4. The monoisotopic (exact) mass is 578 g/mol. The smallest absolute Gasteiger partial charge is 0.301 e. The summed E-state index contributed by atoms with van der Waals surface area (Å²) in [5.41, 5.74) is 1.91. The number of carbonyl (C=O) groups is 2. The SMILES string of the molecule is CCCOc1ccc(C2C(=C(O)c3ccncc3)C(=O)C(=O)N2c2nnc(SCc3ccccc3Cl)s2)cc1. The molecule has 39 heavy (non-hydrogen) atoms. The lowest BCUT2D eigenvalue weighted by atomic mass is 9.95. The van der Waals surface area contributed by atoms with Crippen LogP contribution in [-0.4, -0.2) is 38.6 Å². The molecule has 2 aromatic heterocycles. The number of aliphatic hydroxyl groups excluding tert-OH is 1. The third kappa shape index (κ3) is 5.68. The molecule has 198 valence electrons. The molecule has 0 spiro atoms. The van der Waals surface area contributed by atoms with E-state index in [1.165, 1.54) is 40.4 Å². The second kappa shape index (κ2) is 12.0. The van der Waals surface area contributed by atoms with Crippen molar-refractivity contribution < 1.29 is 19.4 Å². The number of hydrogen-bond donors (Lipinski definition) is 1. The topological polar surface area (TPSA) is 106 Å². The van der Waals surface area contributed by atoms with Crippen LogP contribution in [-0.2, 0) is 15.3 Å². The first-order valence-electron chi connectivity index (χ1n) is 12.1. The molecule has 1 atom stereocenters. The molecule has 1 aliphatic rings. The maximum atomic E-state index is 13.4. The molecule has 8 nitrogen and oxygen atoms in total. The van der Waals surface area contributed by atoms with Crippen LogP contribution in [0.15, 0.2) is 83.0 Å². The van der Waals surface area contributed by atoms with Crippen molar-refractivity contribution in [2.24, 2.45) is 0 Å². The molecule has 0 radical (unpaired) electrons. The number of benzene rings is 2. The Morgan fingerprint density at radius 2 is 1.82 bits per heavy atom. The molecule has 1 amide bonds. The Bertz CT molecular complexity index is 1530. The van der Waals surface area contributed by atoms with E-state index < -0.39 is 17.7 Å². The van der Waals surface area contributed by atoms with Crippen LogP contribution in [0.1, 0.15) is 36.1 Å². The van der Waals surface area contributed by atoms with Gasteiger partial charge in [-0.3, -0.25) is 19.5 Å². The number of ether oxygens (including phenoxy) is 1. The Hall–Kier alpha value is -3.73. The predicted molar refractivity (Wildman–Crippen MR) is 152 cm³/mol. The second-order valence-corrected chi connectivity index (χ2v) is 11.1. The number of pyridine rings is 1. The van der Waals surface area contributed by atoms with Crippen LogP contribution in [0.2, 0.25) is 5.02 Å². The lowest BCUT2D eigenvalue weighted by Gasteiger charge is -2.22. The summed E-state index contributed by atoms with van der Waals surface area (Å²) < 4.78 is 6.31. The van der Waals surface area contributed by atoms with Crippen molar-refractivity contribution in [2.45, 2.75) is 29.5 Å². The van der Waals surface area contributed by atoms with Gasteiger partial charge in [0.25, 0.3) is 5.78 Å². The number of hydrogen-bond acceptors (Lipinski definition) is 9. The fourth-order valence-electron chi connectivity index (χ4n) is 4.09. The Morgan fingerprint density at radius 3 is 2.54 bits per heavy atom. The number of Topliss-reactive ketones (excluding diaryl/α,β-unsaturated/α-hetero) is 1. The number of amides is 1. The van der Waals surface area contributed by atoms with Gasteiger partial charge in [-0.05, 0) is 47.9 Å². The van der Waals surface area contributed by atoms with E-state index in [4.69, 9.17) is 16.3 Å². The van der Waals surface area contributed by atoms with Crippen molar-refractivity contribution >= 4 is 57.3 Å². The Morgan fingerprint density at radius 1 is 1.08 bits per heavy atom. The Kier molecular flexibility index (Phi) is 8.25. The highest BCUT2D eigenvalue weighted by Crippen LogP contribution is 2.44. The molecule has 3 heterocycles. The van der Waals surface area contributed by atoms with E-state index >= 15 is 0 Å². The quantitative estimate of drug-likeness (QED) is 0.0811. The van der Waals surface area contributed by atoms with Gasteiger partial charge in [-0.1, -0.05) is 72.0 Å². The van der Waals surface area contributed by atoms with Crippen molar-refractivity contribution in [1.82, 2.24) is 15.2 Å². The van der Waals surface area contributed by atoms with Crippen molar-refractivity contribution in [3.8, 4) is 5.75 Å². The Labute approximate surface area is 238 Å². The van der Waals surface area contributed by atoms with E-state index in [1.54, 1.807) is 36.4 Å². The molecule has 1 fully saturated rings. The van der Waals surface area contributed by atoms with E-state index in [1.807, 2.05) is 31.2 Å². The number of aliphatic hydroxyl groups is 1. The number of halogens is 1. The van der Waals surface area contributed by atoms with Crippen molar-refractivity contribution in [3.05, 3.63) is 100 Å². The van der Waals surface area contributed by atoms with Gasteiger partial charge in [-0.15, -0.1) is 10.2 Å². The molecule has 11 heteroatoms. The maximum Gasteiger partial charge on any atom is 0.301 e. The van der Waals surface area contributed by atoms with Crippen LogP contribution in [0, 0.1) is 0 Å². The van der Waals surface area contributed by atoms with Crippen molar-refractivity contribution in [2.75, 3.05) is 11.5 Å². The largest absolute Gasteiger partial charge is 0.507 e. The van der Waals surface area contributed by atoms with Gasteiger partial charge < -0.3 is 9.84 Å². The molecule has 1 unspecified atom stereocenters. The van der Waals surface area contributed by atoms with Crippen LogP contribution in [0.5, 0.6) is 5.75 Å². The van der Waals surface area contributed by atoms with Gasteiger partial charge in [-0.2, -0.15) is 0 Å². The molecule has 5 rings (SSSR count). The van der Waals surface area contributed by atoms with Crippen LogP contribution in [0.25, 0.3) is 5.76 Å². The molecule has 0 aliphatic carbocycles. The summed E-state index contributed by atoms with van der Waals surface area (Å²) in [6.45, 7) is 2.59. The van der Waals surface area contributed by atoms with Gasteiger partial charge in [0.05, 0.1) is 18.2 Å². The average Bonchev–Trinajstić information content (AvgIpc) is 3.53. The lowest BCUT2D eigenvalue weighted by Crippen LogP contribution is -2.29. The minimum Gasteiger partial charge on any atom is -0.507 e. The Balaban J connectivity index is 1.52. The molecule has 0 saturated carbocycles. The van der Waals surface area contributed by atoms with Crippen LogP contribution < -0.4 is 9.64 Å². The minimum absolute atomic E-state index is 0.0334. The zero-order valence-electron chi connectivity index (χ0n) is 20.8. The number of ketones is 1. The van der Waals surface area contributed by atoms with E-state index in [-0.39, 0.29) is 16.5 Å². The number of thioether (sulfide) groups is 1. The van der Waals surface area contributed by atoms with Gasteiger partial charge >= 0.3 is 5.91 Å². The maximum absolute atomic E-state index is 13.4. The number of aromatic nitrogens is 3. The zero-order chi connectivity index (χ0) is 27.4. The summed E-state index contributed by atoms with van der Waals surface area (Å²) in [6, 6.07) is 16.9. The summed E-state index contributed by atoms with van der Waals surface area (Å²) in [5, 5.41) is 20.6. The molecule has 1 saturated heterocycles. The third-order valence-electron chi connectivity index (χ3n) is 5.98. The number of anilines is 1. The number of rotatable bonds is 9. The molecule has 0 bridgehead atoms. The van der Waals surface area contributed by atoms with Crippen LogP contribution >= 0.6 is 34.7 Å². The summed E-state index contributed by atoms with van der Waals surface area (Å²) in [5.74, 6) is -0.646. The van der Waals surface area contributed by atoms with Crippen molar-refractivity contribution in [1.29, 1.82) is 0 Å². The highest BCUT2D eigenvalue weighted by Gasteiger charge is 2.48. The van der Waals surface area contributed by atoms with E-state index in [2.05, 4.69) is 15.2 Å². The van der Waals surface area contributed by atoms with Crippen LogP contribution in [0.4, 0.5) is 5.13 Å². The average molecular weight is 579 g/mol. The van der Waals surface area contributed by atoms with Gasteiger partial charge in [0.15, 0.2) is 4.34 Å². The summed E-state index contributed by atoms with van der Waals surface area (Å²) >= 11 is 8.91. The third-order valence-corrected chi connectivity index (χ3v) is 8.45. The normalized spacial score (nSPS) is 16.6. The highest BCUT2D eigenvalue weighted by molar-refractivity contribution is 8.00. The first-order chi connectivity index (χ1) is 19.0. The predicted octanol–water partition coefficient (Wildman–Crippen LogP) is 6.29. The molecular formula is C28H23ClN4O4S2. The van der Waals surface area contributed by atoms with E-state index in [0.29, 0.717) is 38.6 Å². The standard InChI is InChI=1S/C28H23ClN4O4S2/c1-2-15-37-20-9-7-17(8-10-20)23-22(24(34)18-11-13-30-14-12-18)25(35)26(36)33(23)27-31-32-28(39-27)38-16-19-5-3-4-6-21(19)29/h3-14,23,34H,2,15-16H2,1H3. The van der Waals surface area contributed by atoms with Gasteiger partial charge in [0, 0.05) is 28.7 Å². The summed E-state index contributed by atoms with van der Waals surface area (Å²) in [7, 11) is 0.